The fourth-order valence-electron chi connectivity index (χ4n) is 2.26. The second-order valence-electron chi connectivity index (χ2n) is 5.92. The Morgan fingerprint density at radius 2 is 2.22 bits per heavy atom. The van der Waals surface area contributed by atoms with Crippen molar-refractivity contribution in [3.63, 3.8) is 0 Å². The maximum absolute atomic E-state index is 4.40. The Morgan fingerprint density at radius 1 is 1.44 bits per heavy atom. The Morgan fingerprint density at radius 3 is 2.83 bits per heavy atom. The van der Waals surface area contributed by atoms with Gasteiger partial charge in [0.1, 0.15) is 0 Å². The van der Waals surface area contributed by atoms with Crippen molar-refractivity contribution in [3.8, 4) is 0 Å². The first kappa shape index (κ1) is 13.7. The molecule has 99 valence electrons. The molecule has 2 rings (SSSR count). The van der Waals surface area contributed by atoms with E-state index < -0.39 is 0 Å². The van der Waals surface area contributed by atoms with E-state index in [-0.39, 0.29) is 5.54 Å². The van der Waals surface area contributed by atoms with E-state index in [1.807, 2.05) is 6.20 Å². The van der Waals surface area contributed by atoms with Crippen LogP contribution in [0.4, 0.5) is 11.5 Å². The van der Waals surface area contributed by atoms with Crippen LogP contribution in [-0.2, 0) is 0 Å². The molecule has 1 unspecified atom stereocenters. The number of anilines is 2. The minimum absolute atomic E-state index is 0.0628. The van der Waals surface area contributed by atoms with Crippen LogP contribution in [0.25, 0.3) is 0 Å². The van der Waals surface area contributed by atoms with Crippen LogP contribution in [0.5, 0.6) is 0 Å². The molecule has 1 N–H and O–H groups in total. The molecule has 0 spiro atoms. The average molecular weight is 308 g/mol. The third kappa shape index (κ3) is 3.65. The molecule has 4 heteroatoms. The predicted octanol–water partition coefficient (Wildman–Crippen LogP) is 3.04. The standard InChI is InChI=1S/C14H23AsN3/c1-14(2,3)17-13-9-12(5-7-16-13)18-8-6-11(10-18)15-4/h5,7,9,11H,6,8,10H2,1-4H3,(H,16,17). The van der Waals surface area contributed by atoms with Crippen molar-refractivity contribution in [2.75, 3.05) is 23.3 Å². The number of hydrogen-bond acceptors (Lipinski definition) is 3. The molecule has 0 aromatic carbocycles. The van der Waals surface area contributed by atoms with E-state index in [0.717, 1.165) is 10.5 Å². The van der Waals surface area contributed by atoms with E-state index in [0.29, 0.717) is 15.8 Å². The van der Waals surface area contributed by atoms with Gasteiger partial charge in [0.25, 0.3) is 0 Å². The fraction of sp³-hybridized carbons (Fsp3) is 0.643. The first-order valence-electron chi connectivity index (χ1n) is 6.56. The predicted molar refractivity (Wildman–Crippen MR) is 79.8 cm³/mol. The number of pyridine rings is 1. The molecule has 0 saturated carbocycles. The molecule has 1 saturated heterocycles. The first-order valence-corrected chi connectivity index (χ1v) is 9.52. The molecule has 1 aromatic rings. The topological polar surface area (TPSA) is 28.2 Å². The van der Waals surface area contributed by atoms with Crippen molar-refractivity contribution in [2.45, 2.75) is 43.1 Å². The van der Waals surface area contributed by atoms with Crippen LogP contribution in [0.3, 0.4) is 0 Å². The Hall–Kier alpha value is -0.692. The summed E-state index contributed by atoms with van der Waals surface area (Å²) in [6, 6.07) is 4.31. The zero-order chi connectivity index (χ0) is 13.2. The van der Waals surface area contributed by atoms with Crippen LogP contribution >= 0.6 is 0 Å². The van der Waals surface area contributed by atoms with Gasteiger partial charge in [-0.05, 0) is 0 Å². The van der Waals surface area contributed by atoms with E-state index in [9.17, 15) is 0 Å². The van der Waals surface area contributed by atoms with Gasteiger partial charge in [0, 0.05) is 0 Å². The third-order valence-corrected chi connectivity index (χ3v) is 5.56. The molecule has 1 aliphatic rings. The van der Waals surface area contributed by atoms with E-state index in [1.54, 1.807) is 0 Å². The summed E-state index contributed by atoms with van der Waals surface area (Å²) in [6.45, 7) is 8.92. The normalized spacial score (nSPS) is 20.9. The summed E-state index contributed by atoms with van der Waals surface area (Å²) in [6.07, 6.45) is 3.28. The fourth-order valence-corrected chi connectivity index (χ4v) is 3.80. The van der Waals surface area contributed by atoms with Crippen LogP contribution in [0.2, 0.25) is 10.4 Å². The molecule has 3 nitrogen and oxygen atoms in total. The monoisotopic (exact) mass is 308 g/mol. The van der Waals surface area contributed by atoms with Crippen LogP contribution in [0.15, 0.2) is 18.3 Å². The summed E-state index contributed by atoms with van der Waals surface area (Å²) < 4.78 is 0.952. The quantitative estimate of drug-likeness (QED) is 0.870. The second kappa shape index (κ2) is 5.52. The van der Waals surface area contributed by atoms with Gasteiger partial charge in [0.15, 0.2) is 0 Å². The summed E-state index contributed by atoms with van der Waals surface area (Å²) in [7, 11) is 0. The Balaban J connectivity index is 2.08. The molecule has 1 atom stereocenters. The summed E-state index contributed by atoms with van der Waals surface area (Å²) in [5, 5.41) is 3.44. The number of hydrogen-bond donors (Lipinski definition) is 1. The number of aromatic nitrogens is 1. The molecule has 18 heavy (non-hydrogen) atoms. The van der Waals surface area contributed by atoms with E-state index in [1.165, 1.54) is 25.2 Å². The van der Waals surface area contributed by atoms with Gasteiger partial charge in [-0.25, -0.2) is 0 Å². The van der Waals surface area contributed by atoms with Crippen molar-refractivity contribution in [2.24, 2.45) is 0 Å². The van der Waals surface area contributed by atoms with Gasteiger partial charge < -0.3 is 0 Å². The molecule has 0 amide bonds. The van der Waals surface area contributed by atoms with Gasteiger partial charge in [-0.15, -0.1) is 0 Å². The van der Waals surface area contributed by atoms with Crippen molar-refractivity contribution < 1.29 is 0 Å². The van der Waals surface area contributed by atoms with Gasteiger partial charge >= 0.3 is 117 Å². The summed E-state index contributed by atoms with van der Waals surface area (Å²) in [5.74, 6) is 0.980. The summed E-state index contributed by atoms with van der Waals surface area (Å²) in [4.78, 5) is 6.90. The van der Waals surface area contributed by atoms with Crippen molar-refractivity contribution in [3.05, 3.63) is 18.3 Å². The van der Waals surface area contributed by atoms with E-state index in [4.69, 9.17) is 0 Å². The molecule has 2 heterocycles. The second-order valence-corrected chi connectivity index (χ2v) is 8.54. The van der Waals surface area contributed by atoms with Crippen LogP contribution < -0.4 is 10.2 Å². The molecule has 0 bridgehead atoms. The zero-order valence-corrected chi connectivity index (χ0v) is 13.6. The van der Waals surface area contributed by atoms with Crippen molar-refractivity contribution in [1.29, 1.82) is 0 Å². The van der Waals surface area contributed by atoms with Gasteiger partial charge in [-0.2, -0.15) is 0 Å². The van der Waals surface area contributed by atoms with Crippen molar-refractivity contribution in [1.82, 2.24) is 4.98 Å². The number of rotatable bonds is 3. The Bertz CT molecular complexity index is 400. The van der Waals surface area contributed by atoms with E-state index >= 15 is 0 Å². The molecule has 1 fully saturated rings. The van der Waals surface area contributed by atoms with Crippen LogP contribution in [0.1, 0.15) is 27.2 Å². The van der Waals surface area contributed by atoms with Crippen LogP contribution in [0, 0.1) is 0 Å². The molecule has 1 aromatic heterocycles. The molecule has 1 aliphatic heterocycles. The SMILES string of the molecule is C[As]C1CCN(c2ccnc(NC(C)(C)C)c2)C1. The van der Waals surface area contributed by atoms with Crippen LogP contribution in [-0.4, -0.2) is 39.4 Å². The zero-order valence-electron chi connectivity index (χ0n) is 11.8. The van der Waals surface area contributed by atoms with Gasteiger partial charge in [-0.1, -0.05) is 0 Å². The third-order valence-electron chi connectivity index (χ3n) is 3.14. The summed E-state index contributed by atoms with van der Waals surface area (Å²) in [5.41, 5.74) is 3.76. The van der Waals surface area contributed by atoms with Gasteiger partial charge in [0.05, 0.1) is 0 Å². The van der Waals surface area contributed by atoms with Crippen molar-refractivity contribution >= 4 is 27.3 Å². The van der Waals surface area contributed by atoms with Gasteiger partial charge in [-0.3, -0.25) is 0 Å². The Labute approximate surface area is 117 Å². The maximum atomic E-state index is 4.40. The average Bonchev–Trinajstić information content (AvgIpc) is 2.75. The Kier molecular flexibility index (Phi) is 4.21. The first-order chi connectivity index (χ1) is 8.48. The molecular formula is C14H23AsN3. The minimum atomic E-state index is 0.0628. The summed E-state index contributed by atoms with van der Waals surface area (Å²) >= 11 is 0.515. The molecule has 1 radical (unpaired) electrons. The number of nitrogens with one attached hydrogen (secondary N) is 1. The van der Waals surface area contributed by atoms with Gasteiger partial charge in [0.2, 0.25) is 0 Å². The molecular weight excluding hydrogens is 285 g/mol. The van der Waals surface area contributed by atoms with E-state index in [2.05, 4.69) is 53.8 Å². The molecule has 0 aliphatic carbocycles. The number of nitrogens with zero attached hydrogens (tertiary/aromatic N) is 2.